The number of carbonyl (C=O) groups excluding carboxylic acids is 4. The number of hydrogen-bond acceptors (Lipinski definition) is 7. The molecule has 3 saturated carbocycles. The van der Waals surface area contributed by atoms with Gasteiger partial charge in [-0.3, -0.25) is 14.4 Å². The first-order valence-corrected chi connectivity index (χ1v) is 11.0. The van der Waals surface area contributed by atoms with Gasteiger partial charge < -0.3 is 14.2 Å². The molecule has 3 rings (SSSR count). The molecule has 0 spiro atoms. The van der Waals surface area contributed by atoms with Gasteiger partial charge in [-0.1, -0.05) is 13.8 Å². The summed E-state index contributed by atoms with van der Waals surface area (Å²) in [5.41, 5.74) is -0.858. The number of ketones is 1. The van der Waals surface area contributed by atoms with Gasteiger partial charge >= 0.3 is 17.9 Å². The number of allylic oxidation sites excluding steroid dienone is 1. The number of fused-ring (bicyclic) bond motifs is 3. The average Bonchev–Trinajstić information content (AvgIpc) is 2.99. The second kappa shape index (κ2) is 7.75. The molecule has 3 aliphatic rings. The van der Waals surface area contributed by atoms with E-state index in [1.807, 2.05) is 6.92 Å². The molecule has 0 radical (unpaired) electrons. The first kappa shape index (κ1) is 23.5. The second-order valence-corrected chi connectivity index (χ2v) is 10.1. The second-order valence-electron chi connectivity index (χ2n) is 10.1. The summed E-state index contributed by atoms with van der Waals surface area (Å²) in [5, 5.41) is 0. The van der Waals surface area contributed by atoms with Gasteiger partial charge in [0, 0.05) is 29.9 Å². The van der Waals surface area contributed by atoms with E-state index in [-0.39, 0.29) is 29.0 Å². The van der Waals surface area contributed by atoms with Crippen LogP contribution in [0.15, 0.2) is 11.1 Å². The fraction of sp³-hybridized carbons (Fsp3) is 0.750. The van der Waals surface area contributed by atoms with Crippen molar-refractivity contribution >= 4 is 23.7 Å². The number of ether oxygens (including phenoxy) is 3. The largest absolute Gasteiger partial charge is 0.468 e. The zero-order chi connectivity index (χ0) is 23.4. The third kappa shape index (κ3) is 3.23. The van der Waals surface area contributed by atoms with E-state index in [2.05, 4.69) is 13.8 Å². The standard InChI is InChI=1S/C24H34O7/c1-13(20(27)29-6)19-15(26)12-17-22(3)11-9-18(31-14(2)25)24(5,21(28)30-7)16(22)8-10-23(17,19)4/h16-18H,8-12H2,1-7H3/b19-13+/t16?,17-,18+,22-,23-,24+/m0/s1. The Balaban J connectivity index is 2.10. The first-order chi connectivity index (χ1) is 14.4. The molecule has 3 aliphatic carbocycles. The van der Waals surface area contributed by atoms with Crippen LogP contribution in [0.4, 0.5) is 0 Å². The molecule has 0 aromatic carbocycles. The van der Waals surface area contributed by atoms with Gasteiger partial charge in [0.25, 0.3) is 0 Å². The van der Waals surface area contributed by atoms with Crippen LogP contribution in [0.1, 0.15) is 66.7 Å². The molecule has 0 aromatic rings. The molecule has 1 unspecified atom stereocenters. The van der Waals surface area contributed by atoms with Crippen molar-refractivity contribution in [2.45, 2.75) is 72.8 Å². The maximum Gasteiger partial charge on any atom is 0.333 e. The molecule has 0 heterocycles. The topological polar surface area (TPSA) is 96.0 Å². The molecule has 6 atom stereocenters. The molecule has 3 fully saturated rings. The monoisotopic (exact) mass is 434 g/mol. The lowest BCUT2D eigenvalue weighted by Gasteiger charge is -2.61. The number of Topliss-reactive ketones (excluding diaryl/α,β-unsaturated/α-hetero) is 1. The summed E-state index contributed by atoms with van der Waals surface area (Å²) >= 11 is 0. The summed E-state index contributed by atoms with van der Waals surface area (Å²) in [4.78, 5) is 50.2. The van der Waals surface area contributed by atoms with Crippen LogP contribution in [-0.4, -0.2) is 44.0 Å². The van der Waals surface area contributed by atoms with Crippen LogP contribution in [-0.2, 0) is 33.4 Å². The van der Waals surface area contributed by atoms with E-state index >= 15 is 0 Å². The summed E-state index contributed by atoms with van der Waals surface area (Å²) in [6.07, 6.45) is 2.34. The van der Waals surface area contributed by atoms with Gasteiger partial charge in [0.15, 0.2) is 5.78 Å². The van der Waals surface area contributed by atoms with Crippen LogP contribution in [0.3, 0.4) is 0 Å². The Hall–Kier alpha value is -2.18. The van der Waals surface area contributed by atoms with Crippen LogP contribution in [0.25, 0.3) is 0 Å². The highest BCUT2D eigenvalue weighted by Gasteiger charge is 2.68. The van der Waals surface area contributed by atoms with Crippen molar-refractivity contribution in [1.29, 1.82) is 0 Å². The van der Waals surface area contributed by atoms with E-state index in [1.165, 1.54) is 21.1 Å². The zero-order valence-electron chi connectivity index (χ0n) is 19.6. The Bertz CT molecular complexity index is 858. The van der Waals surface area contributed by atoms with Gasteiger partial charge in [-0.2, -0.15) is 0 Å². The number of esters is 3. The van der Waals surface area contributed by atoms with Gasteiger partial charge in [0.1, 0.15) is 11.5 Å². The zero-order valence-corrected chi connectivity index (χ0v) is 19.6. The van der Waals surface area contributed by atoms with Crippen LogP contribution in [0.5, 0.6) is 0 Å². The molecule has 0 bridgehead atoms. The third-order valence-electron chi connectivity index (χ3n) is 8.69. The lowest BCUT2D eigenvalue weighted by atomic mass is 9.42. The van der Waals surface area contributed by atoms with E-state index < -0.39 is 28.9 Å². The highest BCUT2D eigenvalue weighted by atomic mass is 16.6. The molecule has 7 heteroatoms. The molecular weight excluding hydrogens is 400 g/mol. The van der Waals surface area contributed by atoms with Crippen molar-refractivity contribution < 1.29 is 33.4 Å². The van der Waals surface area contributed by atoms with Gasteiger partial charge in [-0.25, -0.2) is 4.79 Å². The van der Waals surface area contributed by atoms with Gasteiger partial charge in [-0.15, -0.1) is 0 Å². The Morgan fingerprint density at radius 3 is 2.13 bits per heavy atom. The predicted molar refractivity (Wildman–Crippen MR) is 112 cm³/mol. The molecule has 31 heavy (non-hydrogen) atoms. The summed E-state index contributed by atoms with van der Waals surface area (Å²) in [7, 11) is 2.68. The minimum absolute atomic E-state index is 0.0147. The summed E-state index contributed by atoms with van der Waals surface area (Å²) < 4.78 is 15.7. The smallest absolute Gasteiger partial charge is 0.333 e. The highest BCUT2D eigenvalue weighted by Crippen LogP contribution is 2.69. The number of rotatable bonds is 3. The average molecular weight is 435 g/mol. The molecule has 172 valence electrons. The van der Waals surface area contributed by atoms with Crippen molar-refractivity contribution in [3.05, 3.63) is 11.1 Å². The van der Waals surface area contributed by atoms with Gasteiger partial charge in [-0.05, 0) is 56.8 Å². The van der Waals surface area contributed by atoms with Crippen molar-refractivity contribution in [2.75, 3.05) is 14.2 Å². The molecule has 0 saturated heterocycles. The van der Waals surface area contributed by atoms with Crippen LogP contribution in [0.2, 0.25) is 0 Å². The normalized spacial score (nSPS) is 41.0. The van der Waals surface area contributed by atoms with Crippen molar-refractivity contribution in [2.24, 2.45) is 28.1 Å². The Morgan fingerprint density at radius 1 is 0.935 bits per heavy atom. The summed E-state index contributed by atoms with van der Waals surface area (Å²) in [6, 6.07) is 0. The lowest BCUT2D eigenvalue weighted by molar-refractivity contribution is -0.206. The Morgan fingerprint density at radius 2 is 1.58 bits per heavy atom. The van der Waals surface area contributed by atoms with Crippen LogP contribution < -0.4 is 0 Å². The van der Waals surface area contributed by atoms with E-state index in [1.54, 1.807) is 6.92 Å². The summed E-state index contributed by atoms with van der Waals surface area (Å²) in [5.74, 6) is -1.43. The Labute approximate surface area is 183 Å². The molecular formula is C24H34O7. The first-order valence-electron chi connectivity index (χ1n) is 11.0. The number of hydrogen-bond donors (Lipinski definition) is 0. The SMILES string of the molecule is COC(=O)/C(C)=C1\C(=O)C[C@H]2[C@@]3(C)CC[C@@H](OC(C)=O)[C@](C)(C(=O)OC)C3CC[C@]12C. The van der Waals surface area contributed by atoms with E-state index in [4.69, 9.17) is 14.2 Å². The van der Waals surface area contributed by atoms with Crippen molar-refractivity contribution in [3.8, 4) is 0 Å². The number of carbonyl (C=O) groups is 4. The van der Waals surface area contributed by atoms with Crippen LogP contribution >= 0.6 is 0 Å². The Kier molecular flexibility index (Phi) is 5.87. The van der Waals surface area contributed by atoms with E-state index in [9.17, 15) is 19.2 Å². The summed E-state index contributed by atoms with van der Waals surface area (Å²) in [6.45, 7) is 9.07. The molecule has 7 nitrogen and oxygen atoms in total. The molecule has 0 N–H and O–H groups in total. The van der Waals surface area contributed by atoms with Crippen molar-refractivity contribution in [1.82, 2.24) is 0 Å². The predicted octanol–water partition coefficient (Wildman–Crippen LogP) is 3.39. The fourth-order valence-electron chi connectivity index (χ4n) is 7.35. The minimum Gasteiger partial charge on any atom is -0.468 e. The maximum absolute atomic E-state index is 13.2. The minimum atomic E-state index is -0.998. The lowest BCUT2D eigenvalue weighted by Crippen LogP contribution is -2.62. The highest BCUT2D eigenvalue weighted by molar-refractivity contribution is 6.06. The fourth-order valence-corrected chi connectivity index (χ4v) is 7.35. The molecule has 0 aliphatic heterocycles. The van der Waals surface area contributed by atoms with Gasteiger partial charge in [0.2, 0.25) is 0 Å². The number of methoxy groups -OCH3 is 2. The van der Waals surface area contributed by atoms with Crippen LogP contribution in [0, 0.1) is 28.1 Å². The molecule has 0 aromatic heterocycles. The van der Waals surface area contributed by atoms with E-state index in [0.29, 0.717) is 36.8 Å². The quantitative estimate of drug-likeness (QED) is 0.382. The molecule has 0 amide bonds. The van der Waals surface area contributed by atoms with E-state index in [0.717, 1.165) is 6.42 Å². The van der Waals surface area contributed by atoms with Gasteiger partial charge in [0.05, 0.1) is 14.2 Å². The van der Waals surface area contributed by atoms with Crippen molar-refractivity contribution in [3.63, 3.8) is 0 Å². The third-order valence-corrected chi connectivity index (χ3v) is 8.69. The maximum atomic E-state index is 13.2.